The molecule has 0 bridgehead atoms. The number of ether oxygens (including phenoxy) is 2. The van der Waals surface area contributed by atoms with Gasteiger partial charge in [0.15, 0.2) is 0 Å². The number of carbonyl (C=O) groups excluding carboxylic acids is 1. The van der Waals surface area contributed by atoms with E-state index in [1.165, 1.54) is 4.90 Å². The van der Waals surface area contributed by atoms with E-state index in [9.17, 15) is 14.7 Å². The first-order valence-electron chi connectivity index (χ1n) is 10.0. The van der Waals surface area contributed by atoms with Crippen molar-refractivity contribution in [2.24, 2.45) is 0 Å². The minimum absolute atomic E-state index is 0.0854. The van der Waals surface area contributed by atoms with Gasteiger partial charge in [0.2, 0.25) is 0 Å². The van der Waals surface area contributed by atoms with Crippen LogP contribution in [0.3, 0.4) is 0 Å². The summed E-state index contributed by atoms with van der Waals surface area (Å²) in [6.07, 6.45) is -0.792. The molecule has 2 heterocycles. The number of amides is 2. The Balaban J connectivity index is 1.52. The average Bonchev–Trinajstić information content (AvgIpc) is 3.10. The van der Waals surface area contributed by atoms with E-state index in [4.69, 9.17) is 14.6 Å². The van der Waals surface area contributed by atoms with Gasteiger partial charge in [0.25, 0.3) is 0 Å². The van der Waals surface area contributed by atoms with Gasteiger partial charge in [0, 0.05) is 25.4 Å². The smallest absolute Gasteiger partial charge is 0.410 e. The lowest BCUT2D eigenvalue weighted by atomic mass is 9.87. The van der Waals surface area contributed by atoms with Crippen LogP contribution in [0.5, 0.6) is 5.75 Å². The molecule has 1 aromatic rings. The molecule has 2 saturated heterocycles. The molecule has 0 spiro atoms. The fraction of sp³-hybridized carbons (Fsp3) is 0.619. The molecule has 2 N–H and O–H groups in total. The number of likely N-dealkylation sites (tertiary alicyclic amines) is 2. The fourth-order valence-corrected chi connectivity index (χ4v) is 3.80. The summed E-state index contributed by atoms with van der Waals surface area (Å²) in [4.78, 5) is 26.1. The summed E-state index contributed by atoms with van der Waals surface area (Å²) in [5.41, 5.74) is 0.452. The first-order valence-corrected chi connectivity index (χ1v) is 10.0. The van der Waals surface area contributed by atoms with E-state index in [1.807, 2.05) is 45.0 Å². The van der Waals surface area contributed by atoms with E-state index in [-0.39, 0.29) is 24.7 Å². The van der Waals surface area contributed by atoms with Gasteiger partial charge >= 0.3 is 12.2 Å². The van der Waals surface area contributed by atoms with Crippen molar-refractivity contribution in [1.82, 2.24) is 9.80 Å². The van der Waals surface area contributed by atoms with E-state index in [0.717, 1.165) is 12.0 Å². The van der Waals surface area contributed by atoms with Crippen molar-refractivity contribution in [1.29, 1.82) is 0 Å². The SMILES string of the molecule is CC(C)(C)OC(=O)N1CC[C@H](Oc2ccc(C3CCN(C(=O)O)CC3O)cc2)C1. The van der Waals surface area contributed by atoms with Crippen LogP contribution in [0.2, 0.25) is 0 Å². The molecule has 160 valence electrons. The average molecular weight is 406 g/mol. The van der Waals surface area contributed by atoms with Crippen molar-refractivity contribution in [3.63, 3.8) is 0 Å². The highest BCUT2D eigenvalue weighted by Crippen LogP contribution is 2.30. The fourth-order valence-electron chi connectivity index (χ4n) is 3.80. The Bertz CT molecular complexity index is 730. The number of aliphatic hydroxyl groups is 1. The van der Waals surface area contributed by atoms with Crippen LogP contribution in [-0.4, -0.2) is 76.2 Å². The van der Waals surface area contributed by atoms with Gasteiger partial charge in [-0.25, -0.2) is 9.59 Å². The Labute approximate surface area is 171 Å². The van der Waals surface area contributed by atoms with Crippen LogP contribution >= 0.6 is 0 Å². The number of hydrogen-bond donors (Lipinski definition) is 2. The van der Waals surface area contributed by atoms with Gasteiger partial charge in [0.1, 0.15) is 17.5 Å². The lowest BCUT2D eigenvalue weighted by molar-refractivity contribution is 0.0275. The van der Waals surface area contributed by atoms with Gasteiger partial charge in [0.05, 0.1) is 19.2 Å². The molecule has 0 aromatic heterocycles. The largest absolute Gasteiger partial charge is 0.489 e. The molecule has 8 heteroatoms. The van der Waals surface area contributed by atoms with E-state index >= 15 is 0 Å². The highest BCUT2D eigenvalue weighted by atomic mass is 16.6. The Hall–Kier alpha value is -2.48. The zero-order valence-corrected chi connectivity index (χ0v) is 17.2. The highest BCUT2D eigenvalue weighted by molar-refractivity contribution is 5.68. The predicted molar refractivity (Wildman–Crippen MR) is 106 cm³/mol. The Morgan fingerprint density at radius 3 is 2.28 bits per heavy atom. The third kappa shape index (κ3) is 5.53. The van der Waals surface area contributed by atoms with Crippen molar-refractivity contribution >= 4 is 12.2 Å². The second-order valence-corrected chi connectivity index (χ2v) is 8.72. The minimum atomic E-state index is -0.997. The number of β-amino-alcohol motifs (C(OH)–C–C–N with tert-alkyl or cyclic N) is 1. The Morgan fingerprint density at radius 2 is 1.69 bits per heavy atom. The van der Waals surface area contributed by atoms with Crippen molar-refractivity contribution in [2.75, 3.05) is 26.2 Å². The maximum Gasteiger partial charge on any atom is 0.410 e. The molecule has 2 fully saturated rings. The Morgan fingerprint density at radius 1 is 1.03 bits per heavy atom. The number of benzene rings is 1. The molecular formula is C21H30N2O6. The Kier molecular flexibility index (Phi) is 6.21. The number of carbonyl (C=O) groups is 2. The topological polar surface area (TPSA) is 99.5 Å². The predicted octanol–water partition coefficient (Wildman–Crippen LogP) is 2.90. The van der Waals surface area contributed by atoms with Crippen molar-refractivity contribution in [3.05, 3.63) is 29.8 Å². The van der Waals surface area contributed by atoms with Crippen molar-refractivity contribution in [3.8, 4) is 5.75 Å². The zero-order chi connectivity index (χ0) is 21.2. The summed E-state index contributed by atoms with van der Waals surface area (Å²) in [5, 5.41) is 19.4. The standard InChI is InChI=1S/C21H30N2O6/c1-21(2,3)29-20(27)23-10-8-16(12-23)28-15-6-4-14(5-7-15)17-9-11-22(19(25)26)13-18(17)24/h4-7,16-18,24H,8-13H2,1-3H3,(H,25,26)/t16-,17?,18?/m0/s1. The van der Waals surface area contributed by atoms with Crippen LogP contribution in [0.25, 0.3) is 0 Å². The van der Waals surface area contributed by atoms with Crippen LogP contribution in [0.15, 0.2) is 24.3 Å². The molecule has 0 aliphatic carbocycles. The zero-order valence-electron chi connectivity index (χ0n) is 17.2. The van der Waals surface area contributed by atoms with Crippen LogP contribution in [0, 0.1) is 0 Å². The lowest BCUT2D eigenvalue weighted by Gasteiger charge is -2.34. The summed E-state index contributed by atoms with van der Waals surface area (Å²) in [6.45, 7) is 7.17. The summed E-state index contributed by atoms with van der Waals surface area (Å²) in [5.74, 6) is 0.621. The molecule has 2 amide bonds. The molecule has 2 unspecified atom stereocenters. The molecule has 0 radical (unpaired) electrons. The quantitative estimate of drug-likeness (QED) is 0.801. The number of hydrogen-bond acceptors (Lipinski definition) is 5. The van der Waals surface area contributed by atoms with E-state index < -0.39 is 17.8 Å². The molecule has 1 aromatic carbocycles. The van der Waals surface area contributed by atoms with Crippen LogP contribution in [0.4, 0.5) is 9.59 Å². The molecule has 0 saturated carbocycles. The molecule has 3 rings (SSSR count). The van der Waals surface area contributed by atoms with E-state index in [2.05, 4.69) is 0 Å². The lowest BCUT2D eigenvalue weighted by Crippen LogP contribution is -2.45. The first kappa shape index (κ1) is 21.2. The molecule has 2 aliphatic rings. The summed E-state index contributed by atoms with van der Waals surface area (Å²) in [6, 6.07) is 7.56. The first-order chi connectivity index (χ1) is 13.6. The summed E-state index contributed by atoms with van der Waals surface area (Å²) in [7, 11) is 0. The van der Waals surface area contributed by atoms with Gasteiger partial charge in [-0.05, 0) is 44.9 Å². The number of aliphatic hydroxyl groups excluding tert-OH is 1. The van der Waals surface area contributed by atoms with Crippen molar-refractivity contribution in [2.45, 2.75) is 57.3 Å². The molecule has 8 nitrogen and oxygen atoms in total. The second-order valence-electron chi connectivity index (χ2n) is 8.72. The van der Waals surface area contributed by atoms with Crippen LogP contribution in [-0.2, 0) is 4.74 Å². The van der Waals surface area contributed by atoms with Crippen LogP contribution in [0.1, 0.15) is 45.1 Å². The second kappa shape index (κ2) is 8.49. The molecule has 3 atom stereocenters. The number of carboxylic acid groups (broad SMARTS) is 1. The third-order valence-electron chi connectivity index (χ3n) is 5.26. The maximum absolute atomic E-state index is 12.2. The van der Waals surface area contributed by atoms with E-state index in [1.54, 1.807) is 4.90 Å². The number of piperidine rings is 1. The minimum Gasteiger partial charge on any atom is -0.489 e. The molecule has 2 aliphatic heterocycles. The van der Waals surface area contributed by atoms with Gasteiger partial charge in [-0.1, -0.05) is 12.1 Å². The normalized spacial score (nSPS) is 25.0. The monoisotopic (exact) mass is 406 g/mol. The van der Waals surface area contributed by atoms with Gasteiger partial charge < -0.3 is 29.5 Å². The third-order valence-corrected chi connectivity index (χ3v) is 5.26. The molecular weight excluding hydrogens is 376 g/mol. The van der Waals surface area contributed by atoms with Crippen molar-refractivity contribution < 1.29 is 29.3 Å². The number of rotatable bonds is 3. The highest BCUT2D eigenvalue weighted by Gasteiger charge is 2.32. The summed E-state index contributed by atoms with van der Waals surface area (Å²) < 4.78 is 11.4. The molecule has 29 heavy (non-hydrogen) atoms. The number of nitrogens with zero attached hydrogens (tertiary/aromatic N) is 2. The van der Waals surface area contributed by atoms with Crippen LogP contribution < -0.4 is 4.74 Å². The van der Waals surface area contributed by atoms with Gasteiger partial charge in [-0.2, -0.15) is 0 Å². The maximum atomic E-state index is 12.2. The van der Waals surface area contributed by atoms with Gasteiger partial charge in [-0.15, -0.1) is 0 Å². The van der Waals surface area contributed by atoms with Gasteiger partial charge in [-0.3, -0.25) is 0 Å². The van der Waals surface area contributed by atoms with E-state index in [0.29, 0.717) is 31.8 Å². The summed E-state index contributed by atoms with van der Waals surface area (Å²) >= 11 is 0.